The summed E-state index contributed by atoms with van der Waals surface area (Å²) >= 11 is 0. The highest BCUT2D eigenvalue weighted by atomic mass is 16.3. The lowest BCUT2D eigenvalue weighted by Crippen LogP contribution is -2.35. The van der Waals surface area contributed by atoms with Gasteiger partial charge in [0.1, 0.15) is 6.54 Å². The molecule has 2 rings (SSSR count). The van der Waals surface area contributed by atoms with Gasteiger partial charge in [-0.25, -0.2) is 4.79 Å². The Labute approximate surface area is 112 Å². The van der Waals surface area contributed by atoms with E-state index in [-0.39, 0.29) is 25.0 Å². The van der Waals surface area contributed by atoms with Gasteiger partial charge in [-0.05, 0) is 17.5 Å². The number of carbonyl (C=O) groups is 2. The number of hydrogen-bond acceptors (Lipinski definition) is 3. The molecular weight excluding hydrogens is 244 g/mol. The largest absolute Gasteiger partial charge is 0.387 e. The summed E-state index contributed by atoms with van der Waals surface area (Å²) in [6.07, 6.45) is 0.0925. The zero-order valence-electron chi connectivity index (χ0n) is 11.2. The van der Waals surface area contributed by atoms with E-state index in [1.807, 2.05) is 24.3 Å². The standard InChI is InChI=1S/C14H18N2O3/c1-3-10-4-6-11(7-5-10)12(17)8-16-13(18)9-15(2)14(16)19/h4-7,12,17H,3,8-9H2,1-2H3. The number of aryl methyl sites for hydroxylation is 1. The van der Waals surface area contributed by atoms with Gasteiger partial charge in [-0.2, -0.15) is 0 Å². The first-order chi connectivity index (χ1) is 9.02. The molecule has 102 valence electrons. The molecule has 0 radical (unpaired) electrons. The summed E-state index contributed by atoms with van der Waals surface area (Å²) in [4.78, 5) is 25.8. The average molecular weight is 262 g/mol. The molecule has 3 amide bonds. The number of amides is 3. The van der Waals surface area contributed by atoms with E-state index >= 15 is 0 Å². The first-order valence-electron chi connectivity index (χ1n) is 6.35. The third-order valence-electron chi connectivity index (χ3n) is 3.36. The number of benzene rings is 1. The molecule has 1 fully saturated rings. The normalized spacial score (nSPS) is 17.2. The van der Waals surface area contributed by atoms with Gasteiger partial charge in [0.2, 0.25) is 5.91 Å². The highest BCUT2D eigenvalue weighted by molar-refractivity contribution is 6.01. The molecule has 19 heavy (non-hydrogen) atoms. The number of aliphatic hydroxyl groups is 1. The van der Waals surface area contributed by atoms with E-state index in [2.05, 4.69) is 6.92 Å². The maximum Gasteiger partial charge on any atom is 0.327 e. The van der Waals surface area contributed by atoms with Gasteiger partial charge in [0.25, 0.3) is 0 Å². The minimum Gasteiger partial charge on any atom is -0.387 e. The number of nitrogens with zero attached hydrogens (tertiary/aromatic N) is 2. The summed E-state index contributed by atoms with van der Waals surface area (Å²) in [5, 5.41) is 10.1. The summed E-state index contributed by atoms with van der Waals surface area (Å²) in [6, 6.07) is 7.20. The topological polar surface area (TPSA) is 60.9 Å². The van der Waals surface area contributed by atoms with Crippen LogP contribution in [0.2, 0.25) is 0 Å². The highest BCUT2D eigenvalue weighted by Crippen LogP contribution is 2.18. The Morgan fingerprint density at radius 3 is 2.37 bits per heavy atom. The molecule has 1 heterocycles. The van der Waals surface area contributed by atoms with Crippen molar-refractivity contribution in [2.75, 3.05) is 20.1 Å². The molecular formula is C14H18N2O3. The quantitative estimate of drug-likeness (QED) is 0.829. The van der Waals surface area contributed by atoms with Crippen LogP contribution < -0.4 is 0 Å². The van der Waals surface area contributed by atoms with E-state index in [0.717, 1.165) is 11.3 Å². The fraction of sp³-hybridized carbons (Fsp3) is 0.429. The van der Waals surface area contributed by atoms with Crippen LogP contribution in [0.4, 0.5) is 4.79 Å². The van der Waals surface area contributed by atoms with E-state index < -0.39 is 6.10 Å². The molecule has 1 aliphatic rings. The van der Waals surface area contributed by atoms with Crippen LogP contribution >= 0.6 is 0 Å². The number of hydrogen-bond donors (Lipinski definition) is 1. The lowest BCUT2D eigenvalue weighted by atomic mass is 10.1. The molecule has 0 aliphatic carbocycles. The Kier molecular flexibility index (Phi) is 3.85. The zero-order chi connectivity index (χ0) is 14.0. The Hall–Kier alpha value is -1.88. The van der Waals surface area contributed by atoms with Gasteiger partial charge in [0, 0.05) is 7.05 Å². The third-order valence-corrected chi connectivity index (χ3v) is 3.36. The minimum absolute atomic E-state index is 0.00742. The number of β-amino-alcohol motifs (C(OH)–C–C–N with tert-alkyl or cyclic N) is 1. The lowest BCUT2D eigenvalue weighted by molar-refractivity contribution is -0.126. The van der Waals surface area contributed by atoms with Gasteiger partial charge in [0.05, 0.1) is 12.6 Å². The molecule has 5 nitrogen and oxygen atoms in total. The van der Waals surface area contributed by atoms with Crippen molar-refractivity contribution in [1.82, 2.24) is 9.80 Å². The molecule has 5 heteroatoms. The fourth-order valence-corrected chi connectivity index (χ4v) is 2.10. The molecule has 1 aliphatic heterocycles. The van der Waals surface area contributed by atoms with Gasteiger partial charge in [-0.1, -0.05) is 31.2 Å². The summed E-state index contributed by atoms with van der Waals surface area (Å²) < 4.78 is 0. The van der Waals surface area contributed by atoms with E-state index in [9.17, 15) is 14.7 Å². The van der Waals surface area contributed by atoms with E-state index in [0.29, 0.717) is 5.56 Å². The molecule has 1 N–H and O–H groups in total. The van der Waals surface area contributed by atoms with Crippen LogP contribution in [0.15, 0.2) is 24.3 Å². The number of aliphatic hydroxyl groups excluding tert-OH is 1. The van der Waals surface area contributed by atoms with Crippen molar-refractivity contribution in [3.8, 4) is 0 Å². The Balaban J connectivity index is 2.06. The van der Waals surface area contributed by atoms with Crippen LogP contribution in [0, 0.1) is 0 Å². The molecule has 1 atom stereocenters. The Morgan fingerprint density at radius 1 is 1.26 bits per heavy atom. The first-order valence-corrected chi connectivity index (χ1v) is 6.35. The smallest absolute Gasteiger partial charge is 0.327 e. The molecule has 0 bridgehead atoms. The Bertz CT molecular complexity index is 484. The van der Waals surface area contributed by atoms with E-state index in [4.69, 9.17) is 0 Å². The second-order valence-corrected chi connectivity index (χ2v) is 4.75. The zero-order valence-corrected chi connectivity index (χ0v) is 11.2. The highest BCUT2D eigenvalue weighted by Gasteiger charge is 2.34. The Morgan fingerprint density at radius 2 is 1.89 bits per heavy atom. The van der Waals surface area contributed by atoms with Crippen LogP contribution in [-0.4, -0.2) is 47.0 Å². The predicted molar refractivity (Wildman–Crippen MR) is 70.5 cm³/mol. The maximum atomic E-state index is 11.7. The van der Waals surface area contributed by atoms with Crippen molar-refractivity contribution in [3.63, 3.8) is 0 Å². The van der Waals surface area contributed by atoms with E-state index in [1.165, 1.54) is 10.5 Å². The van der Waals surface area contributed by atoms with Crippen LogP contribution in [0.1, 0.15) is 24.2 Å². The molecule has 0 saturated carbocycles. The molecule has 1 aromatic rings. The second kappa shape index (κ2) is 5.40. The minimum atomic E-state index is -0.842. The van der Waals surface area contributed by atoms with Crippen LogP contribution in [0.25, 0.3) is 0 Å². The summed E-state index contributed by atoms with van der Waals surface area (Å²) in [6.45, 7) is 2.15. The molecule has 0 aromatic heterocycles. The van der Waals surface area contributed by atoms with Crippen LogP contribution in [0.3, 0.4) is 0 Å². The monoisotopic (exact) mass is 262 g/mol. The van der Waals surface area contributed by atoms with Crippen molar-refractivity contribution in [3.05, 3.63) is 35.4 Å². The van der Waals surface area contributed by atoms with Crippen molar-refractivity contribution in [2.24, 2.45) is 0 Å². The SMILES string of the molecule is CCc1ccc(C(O)CN2C(=O)CN(C)C2=O)cc1. The van der Waals surface area contributed by atoms with E-state index in [1.54, 1.807) is 7.05 Å². The number of rotatable bonds is 4. The predicted octanol–water partition coefficient (Wildman–Crippen LogP) is 1.18. The van der Waals surface area contributed by atoms with Crippen molar-refractivity contribution < 1.29 is 14.7 Å². The second-order valence-electron chi connectivity index (χ2n) is 4.75. The summed E-state index contributed by atoms with van der Waals surface area (Å²) in [5.41, 5.74) is 1.90. The van der Waals surface area contributed by atoms with Gasteiger partial charge >= 0.3 is 6.03 Å². The third kappa shape index (κ3) is 2.76. The van der Waals surface area contributed by atoms with Crippen LogP contribution in [-0.2, 0) is 11.2 Å². The van der Waals surface area contributed by atoms with Crippen LogP contribution in [0.5, 0.6) is 0 Å². The van der Waals surface area contributed by atoms with Gasteiger partial charge in [-0.3, -0.25) is 9.69 Å². The average Bonchev–Trinajstić information content (AvgIpc) is 2.65. The molecule has 1 unspecified atom stereocenters. The number of carbonyl (C=O) groups excluding carboxylic acids is 2. The number of imide groups is 1. The number of likely N-dealkylation sites (N-methyl/N-ethyl adjacent to an activating group) is 1. The van der Waals surface area contributed by atoms with Crippen molar-refractivity contribution >= 4 is 11.9 Å². The summed E-state index contributed by atoms with van der Waals surface area (Å²) in [5.74, 6) is -0.267. The number of urea groups is 1. The lowest BCUT2D eigenvalue weighted by Gasteiger charge is -2.18. The van der Waals surface area contributed by atoms with Gasteiger partial charge < -0.3 is 10.0 Å². The van der Waals surface area contributed by atoms with Gasteiger partial charge in [0.15, 0.2) is 0 Å². The maximum absolute atomic E-state index is 11.7. The van der Waals surface area contributed by atoms with Gasteiger partial charge in [-0.15, -0.1) is 0 Å². The summed E-state index contributed by atoms with van der Waals surface area (Å²) in [7, 11) is 1.57. The van der Waals surface area contributed by atoms with Crippen molar-refractivity contribution in [2.45, 2.75) is 19.4 Å². The molecule has 1 aromatic carbocycles. The molecule has 1 saturated heterocycles. The van der Waals surface area contributed by atoms with Crippen molar-refractivity contribution in [1.29, 1.82) is 0 Å². The fourth-order valence-electron chi connectivity index (χ4n) is 2.10. The first kappa shape index (κ1) is 13.5. The molecule has 0 spiro atoms.